The fraction of sp³-hybridized carbons (Fsp3) is 0.412. The Morgan fingerprint density at radius 1 is 1.23 bits per heavy atom. The molecule has 2 aromatic heterocycles. The molecule has 3 rings (SSSR count). The Labute approximate surface area is 146 Å². The van der Waals surface area contributed by atoms with Crippen molar-refractivity contribution in [3.8, 4) is 11.3 Å². The van der Waals surface area contributed by atoms with Crippen LogP contribution in [0.15, 0.2) is 30.7 Å². The summed E-state index contributed by atoms with van der Waals surface area (Å²) in [7, 11) is 0. The van der Waals surface area contributed by atoms with Crippen molar-refractivity contribution < 1.29 is 22.4 Å². The van der Waals surface area contributed by atoms with E-state index in [9.17, 15) is 22.4 Å². The summed E-state index contributed by atoms with van der Waals surface area (Å²) in [5, 5.41) is 2.84. The van der Waals surface area contributed by atoms with E-state index in [1.54, 1.807) is 6.07 Å². The Kier molecular flexibility index (Phi) is 5.26. The third kappa shape index (κ3) is 4.21. The van der Waals surface area contributed by atoms with E-state index in [4.69, 9.17) is 0 Å². The predicted molar refractivity (Wildman–Crippen MR) is 84.9 cm³/mol. The van der Waals surface area contributed by atoms with Gasteiger partial charge >= 0.3 is 6.18 Å². The van der Waals surface area contributed by atoms with Crippen molar-refractivity contribution in [2.24, 2.45) is 0 Å². The van der Waals surface area contributed by atoms with Crippen molar-refractivity contribution >= 4 is 5.78 Å². The number of hydrogen-bond acceptors (Lipinski definition) is 5. The zero-order valence-electron chi connectivity index (χ0n) is 13.6. The minimum absolute atomic E-state index is 0.125. The molecule has 0 amide bonds. The number of aryl methyl sites for hydroxylation is 1. The SMILES string of the molecule is O=C(CCc1cc(-c2ccc(C(F)(F)F)nc2)ncn1)[C@H]1NCC[C@@H]1F. The average Bonchev–Trinajstić information content (AvgIpc) is 3.05. The molecule has 0 radical (unpaired) electrons. The fourth-order valence-electron chi connectivity index (χ4n) is 2.80. The Balaban J connectivity index is 1.67. The van der Waals surface area contributed by atoms with E-state index >= 15 is 0 Å². The maximum Gasteiger partial charge on any atom is 0.433 e. The van der Waals surface area contributed by atoms with E-state index < -0.39 is 24.1 Å². The highest BCUT2D eigenvalue weighted by Crippen LogP contribution is 2.28. The molecule has 1 aliphatic heterocycles. The zero-order chi connectivity index (χ0) is 18.7. The molecule has 0 spiro atoms. The zero-order valence-corrected chi connectivity index (χ0v) is 13.6. The molecule has 9 heteroatoms. The summed E-state index contributed by atoms with van der Waals surface area (Å²) < 4.78 is 51.3. The summed E-state index contributed by atoms with van der Waals surface area (Å²) in [5.41, 5.74) is 0.392. The van der Waals surface area contributed by atoms with E-state index in [0.717, 1.165) is 12.3 Å². The van der Waals surface area contributed by atoms with Crippen molar-refractivity contribution in [1.82, 2.24) is 20.3 Å². The van der Waals surface area contributed by atoms with Crippen molar-refractivity contribution in [2.75, 3.05) is 6.54 Å². The number of rotatable bonds is 5. The first-order valence-corrected chi connectivity index (χ1v) is 8.09. The van der Waals surface area contributed by atoms with E-state index in [-0.39, 0.29) is 12.2 Å². The topological polar surface area (TPSA) is 67.8 Å². The van der Waals surface area contributed by atoms with Crippen LogP contribution in [0.25, 0.3) is 11.3 Å². The normalized spacial score (nSPS) is 20.3. The molecule has 2 aromatic rings. The lowest BCUT2D eigenvalue weighted by Crippen LogP contribution is -2.36. The Morgan fingerprint density at radius 3 is 2.65 bits per heavy atom. The molecular formula is C17H16F4N4O. The van der Waals surface area contributed by atoms with Gasteiger partial charge in [-0.2, -0.15) is 13.2 Å². The summed E-state index contributed by atoms with van der Waals surface area (Å²) in [6.45, 7) is 0.482. The lowest BCUT2D eigenvalue weighted by Gasteiger charge is -2.11. The molecule has 2 atom stereocenters. The van der Waals surface area contributed by atoms with Crippen LogP contribution in [0.1, 0.15) is 24.2 Å². The third-order valence-corrected chi connectivity index (χ3v) is 4.19. The molecule has 0 unspecified atom stereocenters. The van der Waals surface area contributed by atoms with Crippen LogP contribution in [-0.4, -0.2) is 39.5 Å². The Bertz CT molecular complexity index is 779. The molecule has 0 aliphatic carbocycles. The largest absolute Gasteiger partial charge is 0.433 e. The van der Waals surface area contributed by atoms with Gasteiger partial charge in [0.1, 0.15) is 18.2 Å². The van der Waals surface area contributed by atoms with Gasteiger partial charge in [-0.05, 0) is 37.6 Å². The van der Waals surface area contributed by atoms with E-state index in [1.165, 1.54) is 12.4 Å². The van der Waals surface area contributed by atoms with Gasteiger partial charge in [0.05, 0.1) is 11.7 Å². The number of nitrogens with one attached hydrogen (secondary N) is 1. The summed E-state index contributed by atoms with van der Waals surface area (Å²) >= 11 is 0. The summed E-state index contributed by atoms with van der Waals surface area (Å²) in [6, 6.07) is 2.99. The minimum Gasteiger partial charge on any atom is -0.305 e. The minimum atomic E-state index is -4.50. The number of ketones is 1. The average molecular weight is 368 g/mol. The van der Waals surface area contributed by atoms with Crippen molar-refractivity contribution in [2.45, 2.75) is 37.7 Å². The first kappa shape index (κ1) is 18.4. The smallest absolute Gasteiger partial charge is 0.305 e. The molecule has 3 heterocycles. The molecular weight excluding hydrogens is 352 g/mol. The number of hydrogen-bond donors (Lipinski definition) is 1. The lowest BCUT2D eigenvalue weighted by molar-refractivity contribution is -0.141. The highest BCUT2D eigenvalue weighted by atomic mass is 19.4. The summed E-state index contributed by atoms with van der Waals surface area (Å²) in [6.07, 6.45) is -2.54. The third-order valence-electron chi connectivity index (χ3n) is 4.19. The number of halogens is 4. The van der Waals surface area contributed by atoms with Crippen LogP contribution in [-0.2, 0) is 17.4 Å². The molecule has 0 bridgehead atoms. The Morgan fingerprint density at radius 2 is 2.04 bits per heavy atom. The van der Waals surface area contributed by atoms with Gasteiger partial charge in [-0.25, -0.2) is 14.4 Å². The number of aromatic nitrogens is 3. The van der Waals surface area contributed by atoms with E-state index in [1.807, 2.05) is 0 Å². The van der Waals surface area contributed by atoms with E-state index in [0.29, 0.717) is 36.3 Å². The number of Topliss-reactive ketones (excluding diaryl/α,β-unsaturated/α-hetero) is 1. The number of nitrogens with zero attached hydrogens (tertiary/aromatic N) is 3. The first-order valence-electron chi connectivity index (χ1n) is 8.09. The number of carbonyl (C=O) groups is 1. The van der Waals surface area contributed by atoms with Crippen LogP contribution in [0, 0.1) is 0 Å². The van der Waals surface area contributed by atoms with Crippen LogP contribution in [0.5, 0.6) is 0 Å². The number of carbonyl (C=O) groups excluding carboxylic acids is 1. The highest BCUT2D eigenvalue weighted by Gasteiger charge is 2.32. The molecule has 26 heavy (non-hydrogen) atoms. The van der Waals surface area contributed by atoms with Gasteiger partial charge in [0, 0.05) is 23.9 Å². The van der Waals surface area contributed by atoms with Crippen molar-refractivity contribution in [3.05, 3.63) is 42.1 Å². The number of alkyl halides is 4. The van der Waals surface area contributed by atoms with Gasteiger partial charge in [0.2, 0.25) is 0 Å². The van der Waals surface area contributed by atoms with Crippen LogP contribution >= 0.6 is 0 Å². The highest BCUT2D eigenvalue weighted by molar-refractivity contribution is 5.85. The molecule has 138 valence electrons. The molecule has 1 N–H and O–H groups in total. The molecule has 1 aliphatic rings. The maximum atomic E-state index is 13.6. The second-order valence-corrected chi connectivity index (χ2v) is 6.03. The molecule has 1 saturated heterocycles. The van der Waals surface area contributed by atoms with Crippen LogP contribution in [0.4, 0.5) is 17.6 Å². The van der Waals surface area contributed by atoms with E-state index in [2.05, 4.69) is 20.3 Å². The fourth-order valence-corrected chi connectivity index (χ4v) is 2.80. The Hall–Kier alpha value is -2.42. The second kappa shape index (κ2) is 7.45. The molecule has 0 saturated carbocycles. The number of pyridine rings is 1. The standard InChI is InChI=1S/C17H16F4N4O/c18-12-5-6-22-16(12)14(26)3-2-11-7-13(25-9-24-11)10-1-4-15(23-8-10)17(19,20)21/h1,4,7-9,12,16,22H,2-3,5-6H2/t12-,16-/m0/s1. The van der Waals surface area contributed by atoms with Crippen LogP contribution in [0.3, 0.4) is 0 Å². The van der Waals surface area contributed by atoms with Gasteiger partial charge in [-0.1, -0.05) is 0 Å². The monoisotopic (exact) mass is 368 g/mol. The summed E-state index contributed by atoms with van der Waals surface area (Å²) in [5.74, 6) is -0.216. The van der Waals surface area contributed by atoms with Crippen LogP contribution < -0.4 is 5.32 Å². The molecule has 0 aromatic carbocycles. The molecule has 5 nitrogen and oxygen atoms in total. The lowest BCUT2D eigenvalue weighted by atomic mass is 10.0. The maximum absolute atomic E-state index is 13.6. The van der Waals surface area contributed by atoms with Gasteiger partial charge in [0.15, 0.2) is 5.78 Å². The second-order valence-electron chi connectivity index (χ2n) is 6.03. The van der Waals surface area contributed by atoms with Gasteiger partial charge in [0.25, 0.3) is 0 Å². The van der Waals surface area contributed by atoms with Gasteiger partial charge in [-0.3, -0.25) is 9.78 Å². The summed E-state index contributed by atoms with van der Waals surface area (Å²) in [4.78, 5) is 23.5. The van der Waals surface area contributed by atoms with Crippen molar-refractivity contribution in [3.63, 3.8) is 0 Å². The first-order chi connectivity index (χ1) is 12.3. The van der Waals surface area contributed by atoms with Gasteiger partial charge < -0.3 is 5.32 Å². The molecule has 1 fully saturated rings. The van der Waals surface area contributed by atoms with Gasteiger partial charge in [-0.15, -0.1) is 0 Å². The van der Waals surface area contributed by atoms with Crippen LogP contribution in [0.2, 0.25) is 0 Å². The quantitative estimate of drug-likeness (QED) is 0.822. The predicted octanol–water partition coefficient (Wildman–Crippen LogP) is 2.76. The van der Waals surface area contributed by atoms with Crippen molar-refractivity contribution in [1.29, 1.82) is 0 Å².